The summed E-state index contributed by atoms with van der Waals surface area (Å²) in [5.41, 5.74) is -0.964. The first-order valence-electron chi connectivity index (χ1n) is 11.5. The van der Waals surface area contributed by atoms with Crippen LogP contribution in [0.5, 0.6) is 0 Å². The average molecular weight is 561 g/mol. The van der Waals surface area contributed by atoms with E-state index in [2.05, 4.69) is 30.1 Å². The van der Waals surface area contributed by atoms with E-state index >= 15 is 0 Å². The summed E-state index contributed by atoms with van der Waals surface area (Å²) in [6.07, 6.45) is -2.81. The summed E-state index contributed by atoms with van der Waals surface area (Å²) in [6.45, 7) is 2.82. The van der Waals surface area contributed by atoms with E-state index < -0.39 is 33.7 Å². The Morgan fingerprint density at radius 1 is 1.16 bits per heavy atom. The van der Waals surface area contributed by atoms with Gasteiger partial charge < -0.3 is 14.4 Å². The maximum atomic E-state index is 13.7. The number of hydrogen-bond acceptors (Lipinski definition) is 11. The second-order valence-electron chi connectivity index (χ2n) is 9.25. The molecule has 0 unspecified atom stereocenters. The minimum atomic E-state index is -4.21. The fourth-order valence-corrected chi connectivity index (χ4v) is 6.79. The van der Waals surface area contributed by atoms with Crippen LogP contribution in [0.4, 0.5) is 19.0 Å². The lowest BCUT2D eigenvalue weighted by Gasteiger charge is -2.44. The van der Waals surface area contributed by atoms with Gasteiger partial charge in [0.15, 0.2) is 15.7 Å². The first-order chi connectivity index (χ1) is 17.8. The molecule has 3 aromatic heterocycles. The highest BCUT2D eigenvalue weighted by atomic mass is 32.2. The van der Waals surface area contributed by atoms with E-state index in [9.17, 15) is 21.6 Å². The van der Waals surface area contributed by atoms with Crippen molar-refractivity contribution in [2.75, 3.05) is 64.2 Å². The maximum absolute atomic E-state index is 13.7. The van der Waals surface area contributed by atoms with Gasteiger partial charge in [-0.3, -0.25) is 4.90 Å². The van der Waals surface area contributed by atoms with Crippen LogP contribution < -0.4 is 9.62 Å². The van der Waals surface area contributed by atoms with Gasteiger partial charge in [0.25, 0.3) is 6.43 Å². The molecule has 3 aromatic rings. The Labute approximate surface area is 213 Å². The quantitative estimate of drug-likeness (QED) is 0.442. The third-order valence-electron chi connectivity index (χ3n) is 6.74. The standard InChI is InChI=1S/C20H23F3N8O4S2/c21-9-20(10-35-11-20)27-37(32,33)13-5-14-16(18-25-26-19(36-18)17(22)23)24-28-31(14)15(6-13)30-2-1-29-3-4-34-8-12(29)7-30/h5-6,12,17,27H,1-4,7-11H2/t12-/m1/s1. The Hall–Kier alpha value is -2.44. The topological polar surface area (TPSA) is 127 Å². The van der Waals surface area contributed by atoms with Crippen molar-refractivity contribution in [2.24, 2.45) is 0 Å². The fourth-order valence-electron chi connectivity index (χ4n) is 4.71. The Balaban J connectivity index is 1.45. The predicted molar refractivity (Wildman–Crippen MR) is 125 cm³/mol. The summed E-state index contributed by atoms with van der Waals surface area (Å²) in [7, 11) is -4.21. The number of ether oxygens (including phenoxy) is 2. The van der Waals surface area contributed by atoms with Gasteiger partial charge >= 0.3 is 0 Å². The number of rotatable bonds is 7. The zero-order valence-corrected chi connectivity index (χ0v) is 21.0. The van der Waals surface area contributed by atoms with Crippen molar-refractivity contribution in [1.82, 2.24) is 34.6 Å². The molecule has 0 aromatic carbocycles. The van der Waals surface area contributed by atoms with Gasteiger partial charge in [0.1, 0.15) is 23.5 Å². The van der Waals surface area contributed by atoms with E-state index in [1.165, 1.54) is 16.6 Å². The van der Waals surface area contributed by atoms with Crippen molar-refractivity contribution in [2.45, 2.75) is 22.9 Å². The van der Waals surface area contributed by atoms with E-state index in [1.54, 1.807) is 0 Å². The molecule has 0 saturated carbocycles. The monoisotopic (exact) mass is 560 g/mol. The van der Waals surface area contributed by atoms with Gasteiger partial charge in [-0.15, -0.1) is 15.3 Å². The van der Waals surface area contributed by atoms with E-state index in [0.29, 0.717) is 43.5 Å². The SMILES string of the molecule is O=S(=O)(NC1(CF)COC1)c1cc(N2CCN3CCOC[C@H]3C2)n2nnc(-c3nnc(C(F)F)s3)c2c1. The normalized spacial score (nSPS) is 22.4. The molecule has 0 aliphatic carbocycles. The Morgan fingerprint density at radius 2 is 2.00 bits per heavy atom. The van der Waals surface area contributed by atoms with Crippen LogP contribution in [0.25, 0.3) is 16.2 Å². The number of anilines is 1. The van der Waals surface area contributed by atoms with Crippen LogP contribution in [-0.2, 0) is 19.5 Å². The number of aromatic nitrogens is 5. The van der Waals surface area contributed by atoms with Gasteiger partial charge in [0.2, 0.25) is 10.0 Å². The number of fused-ring (bicyclic) bond motifs is 2. The minimum absolute atomic E-state index is 0.0804. The van der Waals surface area contributed by atoms with Gasteiger partial charge in [-0.05, 0) is 6.07 Å². The van der Waals surface area contributed by atoms with Gasteiger partial charge in [-0.2, -0.15) is 9.24 Å². The largest absolute Gasteiger partial charge is 0.378 e. The molecule has 0 bridgehead atoms. The molecule has 3 saturated heterocycles. The smallest absolute Gasteiger partial charge is 0.291 e. The molecule has 0 radical (unpaired) electrons. The molecule has 3 fully saturated rings. The number of pyridine rings is 1. The van der Waals surface area contributed by atoms with Crippen molar-refractivity contribution in [3.05, 3.63) is 17.1 Å². The summed E-state index contributed by atoms with van der Waals surface area (Å²) in [4.78, 5) is 4.17. The second-order valence-corrected chi connectivity index (χ2v) is 11.9. The predicted octanol–water partition coefficient (Wildman–Crippen LogP) is 0.723. The molecule has 12 nitrogen and oxygen atoms in total. The van der Waals surface area contributed by atoms with Gasteiger partial charge in [-0.1, -0.05) is 16.6 Å². The molecule has 0 spiro atoms. The number of alkyl halides is 3. The Morgan fingerprint density at radius 3 is 2.70 bits per heavy atom. The summed E-state index contributed by atoms with van der Waals surface area (Å²) in [6, 6.07) is 2.90. The number of piperazine rings is 1. The number of halogens is 3. The lowest BCUT2D eigenvalue weighted by atomic mass is 10.0. The number of hydrogen-bond donors (Lipinski definition) is 1. The highest BCUT2D eigenvalue weighted by Gasteiger charge is 2.43. The van der Waals surface area contributed by atoms with E-state index in [-0.39, 0.29) is 40.4 Å². The molecule has 37 heavy (non-hydrogen) atoms. The zero-order chi connectivity index (χ0) is 25.8. The third-order valence-corrected chi connectivity index (χ3v) is 9.23. The van der Waals surface area contributed by atoms with E-state index in [1.807, 2.05) is 4.90 Å². The molecular weight excluding hydrogens is 537 g/mol. The Bertz CT molecular complexity index is 1410. The number of nitrogens with one attached hydrogen (secondary N) is 1. The Kier molecular flexibility index (Phi) is 6.31. The number of morpholine rings is 1. The number of sulfonamides is 1. The van der Waals surface area contributed by atoms with Crippen molar-refractivity contribution in [3.8, 4) is 10.7 Å². The van der Waals surface area contributed by atoms with Crippen LogP contribution in [0, 0.1) is 0 Å². The van der Waals surface area contributed by atoms with Gasteiger partial charge in [0, 0.05) is 32.2 Å². The highest BCUT2D eigenvalue weighted by molar-refractivity contribution is 7.89. The van der Waals surface area contributed by atoms with E-state index in [0.717, 1.165) is 13.1 Å². The molecule has 200 valence electrons. The molecule has 1 atom stereocenters. The number of nitrogens with zero attached hydrogens (tertiary/aromatic N) is 7. The van der Waals surface area contributed by atoms with Gasteiger partial charge in [0.05, 0.1) is 37.4 Å². The van der Waals surface area contributed by atoms with Crippen LogP contribution in [0.2, 0.25) is 0 Å². The molecule has 3 aliphatic rings. The molecule has 3 aliphatic heterocycles. The first-order valence-corrected chi connectivity index (χ1v) is 13.8. The minimum Gasteiger partial charge on any atom is -0.378 e. The van der Waals surface area contributed by atoms with Crippen LogP contribution in [0.1, 0.15) is 11.4 Å². The zero-order valence-electron chi connectivity index (χ0n) is 19.4. The fraction of sp³-hybridized carbons (Fsp3) is 0.600. The molecule has 6 rings (SSSR count). The van der Waals surface area contributed by atoms with Crippen molar-refractivity contribution in [3.63, 3.8) is 0 Å². The van der Waals surface area contributed by atoms with Crippen molar-refractivity contribution in [1.29, 1.82) is 0 Å². The maximum Gasteiger partial charge on any atom is 0.291 e. The lowest BCUT2D eigenvalue weighted by molar-refractivity contribution is -0.0725. The molecule has 17 heteroatoms. The molecule has 6 heterocycles. The van der Waals surface area contributed by atoms with Crippen LogP contribution >= 0.6 is 11.3 Å². The summed E-state index contributed by atoms with van der Waals surface area (Å²) < 4.78 is 81.4. The van der Waals surface area contributed by atoms with Crippen molar-refractivity contribution < 1.29 is 31.1 Å². The van der Waals surface area contributed by atoms with Crippen LogP contribution in [0.3, 0.4) is 0 Å². The summed E-state index contributed by atoms with van der Waals surface area (Å²) >= 11 is 0.654. The van der Waals surface area contributed by atoms with Crippen LogP contribution in [0.15, 0.2) is 17.0 Å². The van der Waals surface area contributed by atoms with E-state index in [4.69, 9.17) is 9.47 Å². The average Bonchev–Trinajstić information content (AvgIpc) is 3.53. The summed E-state index contributed by atoms with van der Waals surface area (Å²) in [5.74, 6) is 0.444. The molecular formula is C20H23F3N8O4S2. The van der Waals surface area contributed by atoms with Gasteiger partial charge in [-0.25, -0.2) is 21.6 Å². The molecule has 1 N–H and O–H groups in total. The highest BCUT2D eigenvalue weighted by Crippen LogP contribution is 2.34. The van der Waals surface area contributed by atoms with Crippen LogP contribution in [-0.4, -0.2) is 109 Å². The van der Waals surface area contributed by atoms with Crippen molar-refractivity contribution >= 4 is 32.7 Å². The second kappa shape index (κ2) is 9.39. The third kappa shape index (κ3) is 4.46. The summed E-state index contributed by atoms with van der Waals surface area (Å²) in [5, 5.41) is 15.3. The lowest BCUT2D eigenvalue weighted by Crippen LogP contribution is -2.63. The first kappa shape index (κ1) is 24.9. The molecule has 0 amide bonds.